The van der Waals surface area contributed by atoms with Crippen LogP contribution in [0.15, 0.2) is 28.8 Å². The molecule has 0 saturated heterocycles. The van der Waals surface area contributed by atoms with Gasteiger partial charge in [0.15, 0.2) is 0 Å². The fraction of sp³-hybridized carbons (Fsp3) is 0.583. The van der Waals surface area contributed by atoms with Crippen molar-refractivity contribution in [2.24, 2.45) is 10.9 Å². The minimum absolute atomic E-state index is 0.594. The Labute approximate surface area is 82.3 Å². The molecule has 0 aromatic heterocycles. The second kappa shape index (κ2) is 6.64. The van der Waals surface area contributed by atoms with Gasteiger partial charge >= 0.3 is 0 Å². The summed E-state index contributed by atoms with van der Waals surface area (Å²) in [6, 6.07) is 0. The van der Waals surface area contributed by atoms with Crippen molar-refractivity contribution in [2.75, 3.05) is 7.05 Å². The summed E-state index contributed by atoms with van der Waals surface area (Å²) in [6.07, 6.45) is 7.43. The number of hydrogen-bond acceptors (Lipinski definition) is 1. The molecule has 0 amide bonds. The molecule has 0 aromatic rings. The molecule has 0 aliphatic rings. The van der Waals surface area contributed by atoms with Crippen molar-refractivity contribution < 1.29 is 0 Å². The van der Waals surface area contributed by atoms with Crippen LogP contribution in [0.5, 0.6) is 0 Å². The highest BCUT2D eigenvalue weighted by Gasteiger charge is 1.96. The van der Waals surface area contributed by atoms with Crippen molar-refractivity contribution in [1.29, 1.82) is 0 Å². The van der Waals surface area contributed by atoms with Crippen LogP contribution in [0.25, 0.3) is 0 Å². The van der Waals surface area contributed by atoms with Crippen molar-refractivity contribution >= 4 is 5.71 Å². The Morgan fingerprint density at radius 1 is 1.31 bits per heavy atom. The van der Waals surface area contributed by atoms with E-state index < -0.39 is 0 Å². The minimum Gasteiger partial charge on any atom is -0.293 e. The Bertz CT molecular complexity index is 219. The molecule has 0 N–H and O–H groups in total. The van der Waals surface area contributed by atoms with E-state index in [1.165, 1.54) is 5.57 Å². The molecule has 0 atom stereocenters. The van der Waals surface area contributed by atoms with Crippen LogP contribution in [0, 0.1) is 5.92 Å². The summed E-state index contributed by atoms with van der Waals surface area (Å²) >= 11 is 0. The van der Waals surface area contributed by atoms with Crippen molar-refractivity contribution in [3.05, 3.63) is 23.8 Å². The van der Waals surface area contributed by atoms with Crippen LogP contribution in [0.2, 0.25) is 0 Å². The summed E-state index contributed by atoms with van der Waals surface area (Å²) < 4.78 is 0. The molecule has 0 bridgehead atoms. The van der Waals surface area contributed by atoms with Gasteiger partial charge in [0.05, 0.1) is 0 Å². The highest BCUT2D eigenvalue weighted by atomic mass is 14.7. The molecule has 0 fully saturated rings. The normalized spacial score (nSPS) is 14.6. The van der Waals surface area contributed by atoms with Gasteiger partial charge in [0.1, 0.15) is 0 Å². The van der Waals surface area contributed by atoms with Gasteiger partial charge in [-0.05, 0) is 30.9 Å². The van der Waals surface area contributed by atoms with Gasteiger partial charge in [-0.3, -0.25) is 4.99 Å². The zero-order valence-electron chi connectivity index (χ0n) is 9.46. The number of allylic oxidation sites excluding steroid dienone is 4. The molecular formula is C12H21N. The quantitative estimate of drug-likeness (QED) is 0.461. The predicted octanol–water partition coefficient (Wildman–Crippen LogP) is 3.63. The van der Waals surface area contributed by atoms with E-state index >= 15 is 0 Å². The maximum Gasteiger partial charge on any atom is 0.0342 e. The largest absolute Gasteiger partial charge is 0.293 e. The summed E-state index contributed by atoms with van der Waals surface area (Å²) in [6.45, 7) is 8.61. The van der Waals surface area contributed by atoms with Gasteiger partial charge in [0, 0.05) is 12.8 Å². The van der Waals surface area contributed by atoms with Crippen LogP contribution in [-0.4, -0.2) is 12.8 Å². The van der Waals surface area contributed by atoms with Gasteiger partial charge in [-0.15, -0.1) is 0 Å². The van der Waals surface area contributed by atoms with Crippen LogP contribution in [0.1, 0.15) is 34.1 Å². The van der Waals surface area contributed by atoms with Crippen LogP contribution in [-0.2, 0) is 0 Å². The molecule has 0 saturated carbocycles. The minimum atomic E-state index is 0.594. The lowest BCUT2D eigenvalue weighted by molar-refractivity contribution is 0.790. The summed E-state index contributed by atoms with van der Waals surface area (Å²) in [5.41, 5.74) is 2.52. The Morgan fingerprint density at radius 2 is 1.92 bits per heavy atom. The van der Waals surface area contributed by atoms with E-state index in [9.17, 15) is 0 Å². The smallest absolute Gasteiger partial charge is 0.0342 e. The number of nitrogens with zero attached hydrogens (tertiary/aromatic N) is 1. The maximum atomic E-state index is 4.17. The lowest BCUT2D eigenvalue weighted by Gasteiger charge is -2.04. The van der Waals surface area contributed by atoms with E-state index in [1.54, 1.807) is 0 Å². The molecule has 13 heavy (non-hydrogen) atoms. The lowest BCUT2D eigenvalue weighted by Crippen LogP contribution is -1.93. The molecule has 1 nitrogen and oxygen atoms in total. The first kappa shape index (κ1) is 12.2. The Balaban J connectivity index is 4.40. The van der Waals surface area contributed by atoms with Gasteiger partial charge in [-0.1, -0.05) is 32.9 Å². The second-order valence-electron chi connectivity index (χ2n) is 3.35. The molecule has 1 heteroatoms. The first-order valence-corrected chi connectivity index (χ1v) is 4.95. The Morgan fingerprint density at radius 3 is 2.23 bits per heavy atom. The average molecular weight is 179 g/mol. The van der Waals surface area contributed by atoms with Gasteiger partial charge in [-0.25, -0.2) is 0 Å². The molecule has 0 spiro atoms. The van der Waals surface area contributed by atoms with E-state index in [2.05, 4.69) is 50.9 Å². The fourth-order valence-corrected chi connectivity index (χ4v) is 1.16. The zero-order valence-corrected chi connectivity index (χ0v) is 9.46. The standard InChI is InChI=1S/C12H21N/c1-6-11(10(3)4)8-9-12(7-2)13-5/h6,8-10H,7H2,1-5H3/b9-8-,11-6+,13-12?. The highest BCUT2D eigenvalue weighted by Crippen LogP contribution is 2.10. The van der Waals surface area contributed by atoms with Crippen LogP contribution in [0.4, 0.5) is 0 Å². The van der Waals surface area contributed by atoms with E-state index in [-0.39, 0.29) is 0 Å². The zero-order chi connectivity index (χ0) is 10.3. The Hall–Kier alpha value is -0.850. The lowest BCUT2D eigenvalue weighted by atomic mass is 10.0. The molecule has 0 aliphatic carbocycles. The molecule has 74 valence electrons. The summed E-state index contributed by atoms with van der Waals surface area (Å²) in [5.74, 6) is 0.594. The highest BCUT2D eigenvalue weighted by molar-refractivity contribution is 5.94. The summed E-state index contributed by atoms with van der Waals surface area (Å²) in [7, 11) is 1.84. The maximum absolute atomic E-state index is 4.17. The van der Waals surface area contributed by atoms with E-state index in [4.69, 9.17) is 0 Å². The number of hydrogen-bond donors (Lipinski definition) is 0. The molecule has 0 radical (unpaired) electrons. The molecule has 0 rings (SSSR count). The van der Waals surface area contributed by atoms with Crippen LogP contribution in [0.3, 0.4) is 0 Å². The first-order valence-electron chi connectivity index (χ1n) is 4.95. The molecule has 0 aromatic carbocycles. The van der Waals surface area contributed by atoms with Crippen molar-refractivity contribution in [2.45, 2.75) is 34.1 Å². The molecule has 0 unspecified atom stereocenters. The van der Waals surface area contributed by atoms with Gasteiger partial charge in [0.25, 0.3) is 0 Å². The number of aliphatic imine (C=N–C) groups is 1. The predicted molar refractivity (Wildman–Crippen MR) is 61.4 cm³/mol. The third-order valence-corrected chi connectivity index (χ3v) is 2.12. The van der Waals surface area contributed by atoms with Crippen LogP contribution < -0.4 is 0 Å². The topological polar surface area (TPSA) is 12.4 Å². The SMILES string of the molecule is C/C=C(\C=C/C(CC)=NC)C(C)C. The molecule has 0 heterocycles. The van der Waals surface area contributed by atoms with Gasteiger partial charge < -0.3 is 0 Å². The second-order valence-corrected chi connectivity index (χ2v) is 3.35. The molecular weight excluding hydrogens is 158 g/mol. The molecule has 0 aliphatic heterocycles. The van der Waals surface area contributed by atoms with E-state index in [1.807, 2.05) is 7.05 Å². The fourth-order valence-electron chi connectivity index (χ4n) is 1.16. The third kappa shape index (κ3) is 4.66. The number of rotatable bonds is 4. The summed E-state index contributed by atoms with van der Waals surface area (Å²) in [4.78, 5) is 4.17. The van der Waals surface area contributed by atoms with E-state index in [0.717, 1.165) is 12.1 Å². The average Bonchev–Trinajstić information content (AvgIpc) is 2.12. The Kier molecular flexibility index (Phi) is 6.21. The van der Waals surface area contributed by atoms with E-state index in [0.29, 0.717) is 5.92 Å². The monoisotopic (exact) mass is 179 g/mol. The van der Waals surface area contributed by atoms with Gasteiger partial charge in [0.2, 0.25) is 0 Å². The third-order valence-electron chi connectivity index (χ3n) is 2.12. The van der Waals surface area contributed by atoms with Crippen molar-refractivity contribution in [1.82, 2.24) is 0 Å². The van der Waals surface area contributed by atoms with Crippen molar-refractivity contribution in [3.63, 3.8) is 0 Å². The van der Waals surface area contributed by atoms with Crippen molar-refractivity contribution in [3.8, 4) is 0 Å². The first-order chi connectivity index (χ1) is 6.15. The van der Waals surface area contributed by atoms with Gasteiger partial charge in [-0.2, -0.15) is 0 Å². The summed E-state index contributed by atoms with van der Waals surface area (Å²) in [5, 5.41) is 0. The van der Waals surface area contributed by atoms with Crippen LogP contribution >= 0.6 is 0 Å².